The lowest BCUT2D eigenvalue weighted by atomic mass is 10.1. The highest BCUT2D eigenvalue weighted by Gasteiger charge is 2.18. The molecule has 0 aromatic heterocycles. The van der Waals surface area contributed by atoms with Gasteiger partial charge in [0.25, 0.3) is 5.91 Å². The summed E-state index contributed by atoms with van der Waals surface area (Å²) < 4.78 is 4.85. The molecule has 1 aromatic rings. The van der Waals surface area contributed by atoms with Crippen LogP contribution in [0, 0.1) is 0 Å². The van der Waals surface area contributed by atoms with Crippen LogP contribution in [0.4, 0.5) is 0 Å². The zero-order valence-electron chi connectivity index (χ0n) is 14.0. The maximum Gasteiger partial charge on any atom is 0.253 e. The minimum atomic E-state index is -0.667. The van der Waals surface area contributed by atoms with Gasteiger partial charge in [0.1, 0.15) is 6.04 Å². The van der Waals surface area contributed by atoms with Gasteiger partial charge in [-0.15, -0.1) is 12.4 Å². The Kier molecular flexibility index (Phi) is 8.74. The molecule has 0 aliphatic carbocycles. The molecule has 1 aliphatic rings. The van der Waals surface area contributed by atoms with Crippen LogP contribution in [0.5, 0.6) is 0 Å². The predicted molar refractivity (Wildman–Crippen MR) is 95.1 cm³/mol. The van der Waals surface area contributed by atoms with Crippen LogP contribution in [0.25, 0.3) is 0 Å². The number of halogens is 1. The summed E-state index contributed by atoms with van der Waals surface area (Å²) in [4.78, 5) is 26.0. The molecule has 1 fully saturated rings. The van der Waals surface area contributed by atoms with E-state index < -0.39 is 6.04 Å². The van der Waals surface area contributed by atoms with Gasteiger partial charge < -0.3 is 20.7 Å². The second-order valence-corrected chi connectivity index (χ2v) is 5.83. The average molecular weight is 356 g/mol. The van der Waals surface area contributed by atoms with Crippen LogP contribution >= 0.6 is 12.4 Å². The number of hydrogen-bond acceptors (Lipinski definition) is 4. The standard InChI is InChI=1S/C17H25N3O3.ClH/c1-23-12-15(18)16(21)19-11-13-5-7-14(8-6-13)17(22)20-9-3-2-4-10-20;/h5-8,15H,2-4,9-12,18H2,1H3,(H,19,21);1H. The molecule has 1 unspecified atom stereocenters. The number of ether oxygens (including phenoxy) is 1. The molecule has 0 radical (unpaired) electrons. The largest absolute Gasteiger partial charge is 0.383 e. The molecule has 24 heavy (non-hydrogen) atoms. The summed E-state index contributed by atoms with van der Waals surface area (Å²) in [5.41, 5.74) is 7.27. The van der Waals surface area contributed by atoms with Gasteiger partial charge in [-0.1, -0.05) is 12.1 Å². The Morgan fingerprint density at radius 2 is 1.83 bits per heavy atom. The zero-order valence-corrected chi connectivity index (χ0v) is 14.8. The molecule has 3 N–H and O–H groups in total. The number of hydrogen-bond donors (Lipinski definition) is 2. The second kappa shape index (κ2) is 10.3. The summed E-state index contributed by atoms with van der Waals surface area (Å²) in [5.74, 6) is -0.164. The number of methoxy groups -OCH3 is 1. The minimum Gasteiger partial charge on any atom is -0.383 e. The summed E-state index contributed by atoms with van der Waals surface area (Å²) in [6, 6.07) is 6.68. The first kappa shape index (κ1) is 20.4. The smallest absolute Gasteiger partial charge is 0.253 e. The van der Waals surface area contributed by atoms with E-state index in [-0.39, 0.29) is 30.8 Å². The number of nitrogens with one attached hydrogen (secondary N) is 1. The van der Waals surface area contributed by atoms with Gasteiger partial charge in [-0.2, -0.15) is 0 Å². The minimum absolute atomic E-state index is 0. The quantitative estimate of drug-likeness (QED) is 0.806. The number of piperidine rings is 1. The van der Waals surface area contributed by atoms with E-state index in [0.717, 1.165) is 31.5 Å². The van der Waals surface area contributed by atoms with E-state index in [9.17, 15) is 9.59 Å². The van der Waals surface area contributed by atoms with E-state index in [1.165, 1.54) is 13.5 Å². The second-order valence-electron chi connectivity index (χ2n) is 5.83. The summed E-state index contributed by atoms with van der Waals surface area (Å²) in [7, 11) is 1.51. The Labute approximate surface area is 149 Å². The van der Waals surface area contributed by atoms with Crippen LogP contribution < -0.4 is 11.1 Å². The van der Waals surface area contributed by atoms with Gasteiger partial charge in [0.15, 0.2) is 0 Å². The average Bonchev–Trinajstić information content (AvgIpc) is 2.60. The van der Waals surface area contributed by atoms with Gasteiger partial charge in [0.2, 0.25) is 5.91 Å². The van der Waals surface area contributed by atoms with Gasteiger partial charge in [-0.3, -0.25) is 9.59 Å². The number of carbonyl (C=O) groups excluding carboxylic acids is 2. The lowest BCUT2D eigenvalue weighted by molar-refractivity contribution is -0.123. The van der Waals surface area contributed by atoms with E-state index in [2.05, 4.69) is 5.32 Å². The van der Waals surface area contributed by atoms with Crippen LogP contribution in [0.3, 0.4) is 0 Å². The first-order valence-electron chi connectivity index (χ1n) is 8.02. The molecule has 1 saturated heterocycles. The normalized spacial score (nSPS) is 15.3. The van der Waals surface area contributed by atoms with Gasteiger partial charge >= 0.3 is 0 Å². The Morgan fingerprint density at radius 1 is 1.21 bits per heavy atom. The molecule has 0 bridgehead atoms. The molecule has 1 heterocycles. The zero-order chi connectivity index (χ0) is 16.7. The molecule has 2 rings (SSSR count). The monoisotopic (exact) mass is 355 g/mol. The highest BCUT2D eigenvalue weighted by Crippen LogP contribution is 2.13. The molecule has 0 spiro atoms. The third-order valence-electron chi connectivity index (χ3n) is 3.99. The van der Waals surface area contributed by atoms with Crippen LogP contribution in [0.2, 0.25) is 0 Å². The number of likely N-dealkylation sites (tertiary alicyclic amines) is 1. The number of carbonyl (C=O) groups is 2. The molecular weight excluding hydrogens is 330 g/mol. The van der Waals surface area contributed by atoms with E-state index in [0.29, 0.717) is 12.1 Å². The molecule has 1 atom stereocenters. The van der Waals surface area contributed by atoms with Crippen molar-refractivity contribution in [1.82, 2.24) is 10.2 Å². The molecule has 7 heteroatoms. The summed E-state index contributed by atoms with van der Waals surface area (Å²) in [5, 5.41) is 2.76. The first-order chi connectivity index (χ1) is 11.1. The predicted octanol–water partition coefficient (Wildman–Crippen LogP) is 1.32. The number of nitrogens with zero attached hydrogens (tertiary/aromatic N) is 1. The van der Waals surface area contributed by atoms with Crippen molar-refractivity contribution in [2.45, 2.75) is 31.8 Å². The lowest BCUT2D eigenvalue weighted by Crippen LogP contribution is -2.43. The van der Waals surface area contributed by atoms with Crippen molar-refractivity contribution in [2.75, 3.05) is 26.8 Å². The van der Waals surface area contributed by atoms with Crippen molar-refractivity contribution in [2.24, 2.45) is 5.73 Å². The maximum absolute atomic E-state index is 12.4. The Hall–Kier alpha value is -1.63. The number of nitrogens with two attached hydrogens (primary N) is 1. The van der Waals surface area contributed by atoms with Crippen molar-refractivity contribution in [1.29, 1.82) is 0 Å². The van der Waals surface area contributed by atoms with Crippen LogP contribution in [-0.4, -0.2) is 49.6 Å². The van der Waals surface area contributed by atoms with E-state index >= 15 is 0 Å². The third-order valence-corrected chi connectivity index (χ3v) is 3.99. The summed E-state index contributed by atoms with van der Waals surface area (Å²) in [6.07, 6.45) is 3.36. The highest BCUT2D eigenvalue weighted by molar-refractivity contribution is 5.94. The van der Waals surface area contributed by atoms with Crippen molar-refractivity contribution < 1.29 is 14.3 Å². The lowest BCUT2D eigenvalue weighted by Gasteiger charge is -2.26. The van der Waals surface area contributed by atoms with Crippen LogP contribution in [-0.2, 0) is 16.1 Å². The molecule has 1 aliphatic heterocycles. The highest BCUT2D eigenvalue weighted by atomic mass is 35.5. The molecule has 1 aromatic carbocycles. The van der Waals surface area contributed by atoms with Crippen LogP contribution in [0.15, 0.2) is 24.3 Å². The molecule has 0 saturated carbocycles. The summed E-state index contributed by atoms with van der Waals surface area (Å²) >= 11 is 0. The van der Waals surface area contributed by atoms with E-state index in [1.807, 2.05) is 29.2 Å². The number of amides is 2. The molecule has 134 valence electrons. The fraction of sp³-hybridized carbons (Fsp3) is 0.529. The van der Waals surface area contributed by atoms with Crippen molar-refractivity contribution >= 4 is 24.2 Å². The number of benzene rings is 1. The van der Waals surface area contributed by atoms with Gasteiger partial charge in [0, 0.05) is 32.3 Å². The Balaban J connectivity index is 0.00000288. The Morgan fingerprint density at radius 3 is 2.42 bits per heavy atom. The SMILES string of the molecule is COCC(N)C(=O)NCc1ccc(C(=O)N2CCCCC2)cc1.Cl. The van der Waals surface area contributed by atoms with Crippen molar-refractivity contribution in [3.63, 3.8) is 0 Å². The fourth-order valence-electron chi connectivity index (χ4n) is 2.62. The van der Waals surface area contributed by atoms with Crippen molar-refractivity contribution in [3.8, 4) is 0 Å². The van der Waals surface area contributed by atoms with Gasteiger partial charge in [-0.25, -0.2) is 0 Å². The van der Waals surface area contributed by atoms with Crippen LogP contribution in [0.1, 0.15) is 35.2 Å². The summed E-state index contributed by atoms with van der Waals surface area (Å²) in [6.45, 7) is 2.26. The fourth-order valence-corrected chi connectivity index (χ4v) is 2.62. The molecule has 2 amide bonds. The topological polar surface area (TPSA) is 84.7 Å². The maximum atomic E-state index is 12.4. The Bertz CT molecular complexity index is 530. The van der Waals surface area contributed by atoms with Gasteiger partial charge in [0.05, 0.1) is 6.61 Å². The number of rotatable bonds is 6. The van der Waals surface area contributed by atoms with Gasteiger partial charge in [-0.05, 0) is 37.0 Å². The first-order valence-corrected chi connectivity index (χ1v) is 8.02. The van der Waals surface area contributed by atoms with Crippen molar-refractivity contribution in [3.05, 3.63) is 35.4 Å². The third kappa shape index (κ3) is 5.78. The van der Waals surface area contributed by atoms with E-state index in [1.54, 1.807) is 0 Å². The van der Waals surface area contributed by atoms with E-state index in [4.69, 9.17) is 10.5 Å². The molecule has 6 nitrogen and oxygen atoms in total. The molecular formula is C17H26ClN3O3.